The third-order valence-electron chi connectivity index (χ3n) is 3.65. The van der Waals surface area contributed by atoms with Crippen LogP contribution in [0.15, 0.2) is 71.9 Å². The molecule has 0 saturated heterocycles. The summed E-state index contributed by atoms with van der Waals surface area (Å²) in [4.78, 5) is 19.7. The van der Waals surface area contributed by atoms with E-state index < -0.39 is 10.0 Å². The van der Waals surface area contributed by atoms with E-state index in [0.29, 0.717) is 16.5 Å². The summed E-state index contributed by atoms with van der Waals surface area (Å²) in [5, 5.41) is 3.29. The van der Waals surface area contributed by atoms with Gasteiger partial charge in [-0.1, -0.05) is 11.6 Å². The number of hydrogen-bond acceptors (Lipinski definition) is 6. The number of halogens is 1. The van der Waals surface area contributed by atoms with Gasteiger partial charge in [0.15, 0.2) is 0 Å². The highest BCUT2D eigenvalue weighted by atomic mass is 35.5. The van der Waals surface area contributed by atoms with Crippen LogP contribution < -0.4 is 14.8 Å². The second-order valence-corrected chi connectivity index (χ2v) is 7.92. The molecule has 10 heteroatoms. The molecule has 0 spiro atoms. The van der Waals surface area contributed by atoms with E-state index in [4.69, 9.17) is 16.3 Å². The number of hydrogen-bond donors (Lipinski definition) is 2. The van der Waals surface area contributed by atoms with Gasteiger partial charge in [0.25, 0.3) is 10.0 Å². The van der Waals surface area contributed by atoms with E-state index in [1.807, 2.05) is 0 Å². The summed E-state index contributed by atoms with van der Waals surface area (Å²) in [5.41, 5.74) is 0.469. The van der Waals surface area contributed by atoms with Crippen LogP contribution in [0.1, 0.15) is 6.42 Å². The average molecular weight is 433 g/mol. The van der Waals surface area contributed by atoms with E-state index in [2.05, 4.69) is 20.0 Å². The fourth-order valence-electron chi connectivity index (χ4n) is 2.26. The van der Waals surface area contributed by atoms with Gasteiger partial charge in [0.05, 0.1) is 17.9 Å². The van der Waals surface area contributed by atoms with Crippen molar-refractivity contribution in [3.05, 3.63) is 72.0 Å². The minimum absolute atomic E-state index is 0.0222. The fourth-order valence-corrected chi connectivity index (χ4v) is 3.35. The monoisotopic (exact) mass is 432 g/mol. The summed E-state index contributed by atoms with van der Waals surface area (Å²) >= 11 is 5.80. The molecule has 1 heterocycles. The van der Waals surface area contributed by atoms with Gasteiger partial charge >= 0.3 is 0 Å². The predicted octanol–water partition coefficient (Wildman–Crippen LogP) is 3.34. The fraction of sp³-hybridized carbons (Fsp3) is 0.105. The van der Waals surface area contributed by atoms with Crippen molar-refractivity contribution in [2.45, 2.75) is 11.3 Å². The van der Waals surface area contributed by atoms with Crippen LogP contribution in [0, 0.1) is 0 Å². The number of rotatable bonds is 8. The van der Waals surface area contributed by atoms with Crippen LogP contribution in [0.25, 0.3) is 0 Å². The second kappa shape index (κ2) is 9.35. The summed E-state index contributed by atoms with van der Waals surface area (Å²) in [6, 6.07) is 14.2. The van der Waals surface area contributed by atoms with Crippen molar-refractivity contribution in [3.63, 3.8) is 0 Å². The van der Waals surface area contributed by atoms with Crippen LogP contribution in [-0.4, -0.2) is 30.9 Å². The Labute approximate surface area is 173 Å². The Morgan fingerprint density at radius 3 is 2.31 bits per heavy atom. The zero-order chi connectivity index (χ0) is 20.7. The molecular weight excluding hydrogens is 416 g/mol. The smallest absolute Gasteiger partial charge is 0.264 e. The van der Waals surface area contributed by atoms with Crippen molar-refractivity contribution >= 4 is 39.2 Å². The number of carbonyl (C=O) groups excluding carboxylic acids is 1. The number of ether oxygens (including phenoxy) is 1. The largest absolute Gasteiger partial charge is 0.493 e. The summed E-state index contributed by atoms with van der Waals surface area (Å²) < 4.78 is 32.4. The highest BCUT2D eigenvalue weighted by molar-refractivity contribution is 7.92. The SMILES string of the molecule is O=C(CCOc1ccc(Cl)cc1)Nc1ccc(S(=O)(=O)Nc2ncccn2)cc1. The van der Waals surface area contributed by atoms with Gasteiger partial charge in [-0.05, 0) is 54.6 Å². The molecule has 0 atom stereocenters. The van der Waals surface area contributed by atoms with Gasteiger partial charge in [0, 0.05) is 23.1 Å². The minimum atomic E-state index is -3.82. The molecule has 150 valence electrons. The maximum atomic E-state index is 12.3. The molecule has 8 nitrogen and oxygen atoms in total. The lowest BCUT2D eigenvalue weighted by molar-refractivity contribution is -0.116. The lowest BCUT2D eigenvalue weighted by Gasteiger charge is -2.09. The Hall–Kier alpha value is -3.17. The first-order chi connectivity index (χ1) is 13.9. The van der Waals surface area contributed by atoms with E-state index in [0.717, 1.165) is 0 Å². The topological polar surface area (TPSA) is 110 Å². The van der Waals surface area contributed by atoms with Crippen LogP contribution in [0.4, 0.5) is 11.6 Å². The number of nitrogens with zero attached hydrogens (tertiary/aromatic N) is 2. The molecule has 0 radical (unpaired) electrons. The van der Waals surface area contributed by atoms with E-state index in [1.165, 1.54) is 36.7 Å². The molecule has 0 bridgehead atoms. The minimum Gasteiger partial charge on any atom is -0.493 e. The van der Waals surface area contributed by atoms with Gasteiger partial charge in [-0.3, -0.25) is 4.79 Å². The predicted molar refractivity (Wildman–Crippen MR) is 109 cm³/mol. The van der Waals surface area contributed by atoms with Crippen LogP contribution in [0.3, 0.4) is 0 Å². The molecule has 0 aliphatic carbocycles. The molecule has 3 rings (SSSR count). The van der Waals surface area contributed by atoms with Crippen molar-refractivity contribution in [2.24, 2.45) is 0 Å². The van der Waals surface area contributed by atoms with Crippen molar-refractivity contribution in [2.75, 3.05) is 16.6 Å². The summed E-state index contributed by atoms with van der Waals surface area (Å²) in [6.07, 6.45) is 3.00. The molecule has 0 unspecified atom stereocenters. The summed E-state index contributed by atoms with van der Waals surface area (Å²) in [7, 11) is -3.82. The molecule has 0 aliphatic rings. The van der Waals surface area contributed by atoms with Gasteiger partial charge in [0.1, 0.15) is 5.75 Å². The molecule has 2 aromatic carbocycles. The number of nitrogens with one attached hydrogen (secondary N) is 2. The molecule has 29 heavy (non-hydrogen) atoms. The van der Waals surface area contributed by atoms with Crippen LogP contribution in [0.5, 0.6) is 5.75 Å². The van der Waals surface area contributed by atoms with Crippen LogP contribution >= 0.6 is 11.6 Å². The van der Waals surface area contributed by atoms with Gasteiger partial charge in [-0.15, -0.1) is 0 Å². The third kappa shape index (κ3) is 6.16. The lowest BCUT2D eigenvalue weighted by atomic mass is 10.3. The number of carbonyl (C=O) groups is 1. The van der Waals surface area contributed by atoms with Gasteiger partial charge < -0.3 is 10.1 Å². The van der Waals surface area contributed by atoms with Gasteiger partial charge in [-0.25, -0.2) is 23.1 Å². The Balaban J connectivity index is 1.51. The van der Waals surface area contributed by atoms with E-state index in [-0.39, 0.29) is 29.8 Å². The Morgan fingerprint density at radius 2 is 1.66 bits per heavy atom. The van der Waals surface area contributed by atoms with Crippen molar-refractivity contribution in [3.8, 4) is 5.75 Å². The van der Waals surface area contributed by atoms with E-state index in [9.17, 15) is 13.2 Å². The van der Waals surface area contributed by atoms with Crippen molar-refractivity contribution in [1.29, 1.82) is 0 Å². The maximum absolute atomic E-state index is 12.3. The molecular formula is C19H17ClN4O4S. The maximum Gasteiger partial charge on any atom is 0.264 e. The number of amides is 1. The zero-order valence-electron chi connectivity index (χ0n) is 15.1. The number of aromatic nitrogens is 2. The molecule has 1 aromatic heterocycles. The molecule has 2 N–H and O–H groups in total. The lowest BCUT2D eigenvalue weighted by Crippen LogP contribution is -2.16. The summed E-state index contributed by atoms with van der Waals surface area (Å²) in [5.74, 6) is 0.336. The summed E-state index contributed by atoms with van der Waals surface area (Å²) in [6.45, 7) is 0.195. The van der Waals surface area contributed by atoms with Crippen molar-refractivity contribution in [1.82, 2.24) is 9.97 Å². The first-order valence-corrected chi connectivity index (χ1v) is 10.4. The number of sulfonamides is 1. The molecule has 0 saturated carbocycles. The highest BCUT2D eigenvalue weighted by Gasteiger charge is 2.15. The molecule has 1 amide bonds. The number of anilines is 2. The average Bonchev–Trinajstić information content (AvgIpc) is 2.70. The quantitative estimate of drug-likeness (QED) is 0.564. The Bertz CT molecular complexity index is 1060. The van der Waals surface area contributed by atoms with Gasteiger partial charge in [-0.2, -0.15) is 0 Å². The molecule has 0 fully saturated rings. The Morgan fingerprint density at radius 1 is 1.00 bits per heavy atom. The van der Waals surface area contributed by atoms with E-state index >= 15 is 0 Å². The normalized spacial score (nSPS) is 10.9. The third-order valence-corrected chi connectivity index (χ3v) is 5.25. The first kappa shape index (κ1) is 20.6. The number of benzene rings is 2. The molecule has 0 aliphatic heterocycles. The zero-order valence-corrected chi connectivity index (χ0v) is 16.7. The standard InChI is InChI=1S/C19H17ClN4O4S/c20-14-2-6-16(7-3-14)28-13-10-18(25)23-15-4-8-17(9-5-15)29(26,27)24-19-21-11-1-12-22-19/h1-9,11-12H,10,13H2,(H,23,25)(H,21,22,24). The first-order valence-electron chi connectivity index (χ1n) is 8.50. The second-order valence-electron chi connectivity index (χ2n) is 5.80. The van der Waals surface area contributed by atoms with Crippen LogP contribution in [-0.2, 0) is 14.8 Å². The van der Waals surface area contributed by atoms with E-state index in [1.54, 1.807) is 30.3 Å². The highest BCUT2D eigenvalue weighted by Crippen LogP contribution is 2.17. The Kier molecular flexibility index (Phi) is 6.63. The molecule has 3 aromatic rings. The van der Waals surface area contributed by atoms with Gasteiger partial charge in [0.2, 0.25) is 11.9 Å². The van der Waals surface area contributed by atoms with Crippen LogP contribution in [0.2, 0.25) is 5.02 Å². The van der Waals surface area contributed by atoms with Crippen molar-refractivity contribution < 1.29 is 17.9 Å².